The minimum atomic E-state index is 0.439. The van der Waals surface area contributed by atoms with Crippen molar-refractivity contribution in [2.24, 2.45) is 11.7 Å². The molecule has 1 atom stereocenters. The van der Waals surface area contributed by atoms with Crippen molar-refractivity contribution in [2.45, 2.75) is 6.42 Å². The first kappa shape index (κ1) is 9.34. The van der Waals surface area contributed by atoms with E-state index in [9.17, 15) is 0 Å². The second-order valence-electron chi connectivity index (χ2n) is 3.59. The first-order valence-corrected chi connectivity index (χ1v) is 4.83. The molecule has 1 aliphatic rings. The van der Waals surface area contributed by atoms with Crippen molar-refractivity contribution in [3.63, 3.8) is 0 Å². The Kier molecular flexibility index (Phi) is 2.59. The lowest BCUT2D eigenvalue weighted by molar-refractivity contribution is 0.226. The zero-order valence-electron chi connectivity index (χ0n) is 8.32. The van der Waals surface area contributed by atoms with E-state index in [1.165, 1.54) is 5.56 Å². The van der Waals surface area contributed by atoms with E-state index >= 15 is 0 Å². The number of nitrogens with two attached hydrogens (primary N) is 1. The maximum Gasteiger partial charge on any atom is 0.122 e. The molecular formula is C11H15NO2. The lowest BCUT2D eigenvalue weighted by Crippen LogP contribution is -2.27. The zero-order chi connectivity index (χ0) is 9.97. The fourth-order valence-electron chi connectivity index (χ4n) is 1.71. The lowest BCUT2D eigenvalue weighted by atomic mass is 9.97. The Morgan fingerprint density at radius 2 is 2.43 bits per heavy atom. The monoisotopic (exact) mass is 193 g/mol. The van der Waals surface area contributed by atoms with Gasteiger partial charge in [-0.15, -0.1) is 0 Å². The van der Waals surface area contributed by atoms with Crippen molar-refractivity contribution >= 4 is 0 Å². The van der Waals surface area contributed by atoms with E-state index in [2.05, 4.69) is 0 Å². The van der Waals surface area contributed by atoms with Crippen LogP contribution in [0.1, 0.15) is 5.56 Å². The lowest BCUT2D eigenvalue weighted by Gasteiger charge is -2.24. The van der Waals surface area contributed by atoms with E-state index in [-0.39, 0.29) is 0 Å². The molecule has 1 aromatic rings. The standard InChI is InChI=1S/C11H15NO2/c1-13-10-2-3-11-9(5-10)4-8(6-12)7-14-11/h2-3,5,8H,4,6-7,12H2,1H3/t8-/m0/s1. The third-order valence-corrected chi connectivity index (χ3v) is 2.58. The van der Waals surface area contributed by atoms with Gasteiger partial charge in [-0.2, -0.15) is 0 Å². The maximum atomic E-state index is 5.62. The molecule has 0 radical (unpaired) electrons. The maximum absolute atomic E-state index is 5.62. The normalized spacial score (nSPS) is 19.7. The predicted octanol–water partition coefficient (Wildman–Crippen LogP) is 1.20. The molecule has 0 unspecified atom stereocenters. The number of hydrogen-bond acceptors (Lipinski definition) is 3. The third-order valence-electron chi connectivity index (χ3n) is 2.58. The van der Waals surface area contributed by atoms with E-state index < -0.39 is 0 Å². The summed E-state index contributed by atoms with van der Waals surface area (Å²) in [7, 11) is 1.67. The minimum Gasteiger partial charge on any atom is -0.497 e. The third kappa shape index (κ3) is 1.68. The molecule has 0 saturated heterocycles. The molecule has 3 nitrogen and oxygen atoms in total. The molecule has 0 saturated carbocycles. The highest BCUT2D eigenvalue weighted by Gasteiger charge is 2.18. The van der Waals surface area contributed by atoms with Crippen LogP contribution in [-0.4, -0.2) is 20.3 Å². The molecule has 0 aliphatic carbocycles. The van der Waals surface area contributed by atoms with Gasteiger partial charge in [0.25, 0.3) is 0 Å². The van der Waals surface area contributed by atoms with Gasteiger partial charge >= 0.3 is 0 Å². The number of rotatable bonds is 2. The summed E-state index contributed by atoms with van der Waals surface area (Å²) in [6.07, 6.45) is 0.989. The summed E-state index contributed by atoms with van der Waals surface area (Å²) < 4.78 is 10.8. The van der Waals surface area contributed by atoms with Crippen molar-refractivity contribution in [1.82, 2.24) is 0 Å². The van der Waals surface area contributed by atoms with Crippen molar-refractivity contribution in [3.8, 4) is 11.5 Å². The zero-order valence-corrected chi connectivity index (χ0v) is 8.32. The fourth-order valence-corrected chi connectivity index (χ4v) is 1.71. The molecule has 76 valence electrons. The molecule has 0 spiro atoms. The van der Waals surface area contributed by atoms with Gasteiger partial charge in [0.1, 0.15) is 11.5 Å². The van der Waals surface area contributed by atoms with Gasteiger partial charge in [0, 0.05) is 5.92 Å². The number of ether oxygens (including phenoxy) is 2. The number of benzene rings is 1. The summed E-state index contributed by atoms with van der Waals surface area (Å²) in [5, 5.41) is 0. The highest BCUT2D eigenvalue weighted by Crippen LogP contribution is 2.30. The summed E-state index contributed by atoms with van der Waals surface area (Å²) in [5.74, 6) is 2.29. The summed E-state index contributed by atoms with van der Waals surface area (Å²) >= 11 is 0. The molecule has 2 N–H and O–H groups in total. The fraction of sp³-hybridized carbons (Fsp3) is 0.455. The Hall–Kier alpha value is -1.22. The van der Waals surface area contributed by atoms with E-state index in [4.69, 9.17) is 15.2 Å². The van der Waals surface area contributed by atoms with Gasteiger partial charge in [0.05, 0.1) is 13.7 Å². The second-order valence-corrected chi connectivity index (χ2v) is 3.59. The molecule has 3 heteroatoms. The smallest absolute Gasteiger partial charge is 0.122 e. The van der Waals surface area contributed by atoms with Gasteiger partial charge in [-0.05, 0) is 36.7 Å². The van der Waals surface area contributed by atoms with Crippen LogP contribution < -0.4 is 15.2 Å². The molecule has 0 amide bonds. The Morgan fingerprint density at radius 1 is 1.57 bits per heavy atom. The van der Waals surface area contributed by atoms with Gasteiger partial charge in [0.2, 0.25) is 0 Å². The summed E-state index contributed by atoms with van der Waals surface area (Å²) in [5.41, 5.74) is 6.82. The van der Waals surface area contributed by atoms with Crippen LogP contribution in [0.2, 0.25) is 0 Å². The quantitative estimate of drug-likeness (QED) is 0.767. The largest absolute Gasteiger partial charge is 0.497 e. The van der Waals surface area contributed by atoms with E-state index in [1.807, 2.05) is 18.2 Å². The molecule has 1 aromatic carbocycles. The number of methoxy groups -OCH3 is 1. The Balaban J connectivity index is 2.25. The SMILES string of the molecule is COc1ccc2c(c1)C[C@@H](CN)CO2. The number of fused-ring (bicyclic) bond motifs is 1. The van der Waals surface area contributed by atoms with Gasteiger partial charge < -0.3 is 15.2 Å². The minimum absolute atomic E-state index is 0.439. The molecule has 2 rings (SSSR count). The van der Waals surface area contributed by atoms with Crippen molar-refractivity contribution in [3.05, 3.63) is 23.8 Å². The average Bonchev–Trinajstić information content (AvgIpc) is 2.27. The Morgan fingerprint density at radius 3 is 3.14 bits per heavy atom. The van der Waals surface area contributed by atoms with Crippen molar-refractivity contribution in [2.75, 3.05) is 20.3 Å². The van der Waals surface area contributed by atoms with Gasteiger partial charge in [0.15, 0.2) is 0 Å². The van der Waals surface area contributed by atoms with Gasteiger partial charge in [-0.1, -0.05) is 0 Å². The summed E-state index contributed by atoms with van der Waals surface area (Å²) in [4.78, 5) is 0. The van der Waals surface area contributed by atoms with Gasteiger partial charge in [-0.3, -0.25) is 0 Å². The topological polar surface area (TPSA) is 44.5 Å². The average molecular weight is 193 g/mol. The second kappa shape index (κ2) is 3.88. The summed E-state index contributed by atoms with van der Waals surface area (Å²) in [6, 6.07) is 5.90. The van der Waals surface area contributed by atoms with E-state index in [0.717, 1.165) is 24.5 Å². The van der Waals surface area contributed by atoms with Crippen LogP contribution in [0.5, 0.6) is 11.5 Å². The first-order chi connectivity index (χ1) is 6.83. The first-order valence-electron chi connectivity index (χ1n) is 4.83. The molecule has 1 heterocycles. The van der Waals surface area contributed by atoms with Crippen LogP contribution in [0.3, 0.4) is 0 Å². The Bertz CT molecular complexity index is 325. The van der Waals surface area contributed by atoms with Crippen LogP contribution in [-0.2, 0) is 6.42 Å². The van der Waals surface area contributed by atoms with Gasteiger partial charge in [-0.25, -0.2) is 0 Å². The molecule has 1 aliphatic heterocycles. The molecule has 0 bridgehead atoms. The van der Waals surface area contributed by atoms with Crippen LogP contribution in [0, 0.1) is 5.92 Å². The molecule has 14 heavy (non-hydrogen) atoms. The van der Waals surface area contributed by atoms with Crippen LogP contribution in [0.15, 0.2) is 18.2 Å². The van der Waals surface area contributed by atoms with Crippen molar-refractivity contribution in [1.29, 1.82) is 0 Å². The van der Waals surface area contributed by atoms with Crippen LogP contribution in [0.25, 0.3) is 0 Å². The van der Waals surface area contributed by atoms with Crippen LogP contribution >= 0.6 is 0 Å². The summed E-state index contributed by atoms with van der Waals surface area (Å²) in [6.45, 7) is 1.41. The number of hydrogen-bond donors (Lipinski definition) is 1. The van der Waals surface area contributed by atoms with Crippen LogP contribution in [0.4, 0.5) is 0 Å². The Labute approximate surface area is 83.8 Å². The molecule has 0 aromatic heterocycles. The molecular weight excluding hydrogens is 178 g/mol. The highest BCUT2D eigenvalue weighted by molar-refractivity contribution is 5.41. The van der Waals surface area contributed by atoms with E-state index in [0.29, 0.717) is 12.5 Å². The molecule has 0 fully saturated rings. The highest BCUT2D eigenvalue weighted by atomic mass is 16.5. The predicted molar refractivity (Wildman–Crippen MR) is 54.7 cm³/mol. The van der Waals surface area contributed by atoms with Crippen molar-refractivity contribution < 1.29 is 9.47 Å². The van der Waals surface area contributed by atoms with E-state index in [1.54, 1.807) is 7.11 Å².